The Morgan fingerprint density at radius 2 is 1.70 bits per heavy atom. The average Bonchev–Trinajstić information content (AvgIpc) is 2.32. The van der Waals surface area contributed by atoms with Gasteiger partial charge in [0.2, 0.25) is 0 Å². The molecule has 0 fully saturated rings. The summed E-state index contributed by atoms with van der Waals surface area (Å²) in [5.74, 6) is 0.608. The third-order valence-electron chi connectivity index (χ3n) is 2.97. The van der Waals surface area contributed by atoms with Crippen molar-refractivity contribution in [2.45, 2.75) is 38.8 Å². The molecule has 0 heterocycles. The van der Waals surface area contributed by atoms with Crippen LogP contribution in [0.2, 0.25) is 0 Å². The van der Waals surface area contributed by atoms with Crippen LogP contribution < -0.4 is 5.73 Å². The van der Waals surface area contributed by atoms with Gasteiger partial charge in [-0.3, -0.25) is 0 Å². The average molecular weight is 496 g/mol. The van der Waals surface area contributed by atoms with Gasteiger partial charge in [-0.25, -0.2) is 0 Å². The lowest BCUT2D eigenvalue weighted by Gasteiger charge is -2.23. The fourth-order valence-electron chi connectivity index (χ4n) is 1.78. The fraction of sp³-hybridized carbons (Fsp3) is 0.538. The quantitative estimate of drug-likeness (QED) is 0.544. The third-order valence-corrected chi connectivity index (χ3v) is 5.03. The molecule has 116 valence electrons. The summed E-state index contributed by atoms with van der Waals surface area (Å²) in [5, 5.41) is 20.1. The maximum absolute atomic E-state index is 10.2. The molecule has 0 aliphatic rings. The Morgan fingerprint density at radius 3 is 2.20 bits per heavy atom. The fourth-order valence-corrected chi connectivity index (χ4v) is 4.43. The van der Waals surface area contributed by atoms with Crippen molar-refractivity contribution in [1.82, 2.24) is 0 Å². The van der Waals surface area contributed by atoms with E-state index in [-0.39, 0.29) is 18.2 Å². The van der Waals surface area contributed by atoms with Gasteiger partial charge in [0, 0.05) is 10.0 Å². The van der Waals surface area contributed by atoms with E-state index in [2.05, 4.69) is 61.6 Å². The van der Waals surface area contributed by atoms with Crippen molar-refractivity contribution in [1.29, 1.82) is 0 Å². The highest BCUT2D eigenvalue weighted by molar-refractivity contribution is 9.11. The smallest absolute Gasteiger partial charge is 0.144 e. The van der Waals surface area contributed by atoms with Crippen LogP contribution in [0.4, 0.5) is 0 Å². The van der Waals surface area contributed by atoms with E-state index in [4.69, 9.17) is 5.73 Å². The van der Waals surface area contributed by atoms with E-state index >= 15 is 0 Å². The van der Waals surface area contributed by atoms with Gasteiger partial charge >= 0.3 is 0 Å². The van der Waals surface area contributed by atoms with Crippen LogP contribution in [0.5, 0.6) is 5.75 Å². The highest BCUT2D eigenvalue weighted by Gasteiger charge is 2.24. The maximum Gasteiger partial charge on any atom is 0.144 e. The molecule has 0 unspecified atom stereocenters. The van der Waals surface area contributed by atoms with Gasteiger partial charge in [-0.15, -0.1) is 12.4 Å². The number of hydrogen-bond acceptors (Lipinski definition) is 3. The van der Waals surface area contributed by atoms with Gasteiger partial charge < -0.3 is 15.9 Å². The molecule has 0 aromatic heterocycles. The summed E-state index contributed by atoms with van der Waals surface area (Å²) in [6, 6.07) is 1.17. The van der Waals surface area contributed by atoms with Crippen LogP contribution in [0.1, 0.15) is 38.3 Å². The van der Waals surface area contributed by atoms with Crippen molar-refractivity contribution in [3.63, 3.8) is 0 Å². The lowest BCUT2D eigenvalue weighted by molar-refractivity contribution is 0.127. The minimum absolute atomic E-state index is 0. The molecule has 0 aliphatic carbocycles. The Kier molecular flexibility index (Phi) is 9.26. The lowest BCUT2D eigenvalue weighted by Crippen LogP contribution is -2.27. The highest BCUT2D eigenvalue weighted by atomic mass is 79.9. The van der Waals surface area contributed by atoms with Gasteiger partial charge in [-0.2, -0.15) is 0 Å². The Balaban J connectivity index is 0.00000361. The molecule has 1 aromatic carbocycles. The van der Waals surface area contributed by atoms with Crippen LogP contribution in [-0.4, -0.2) is 16.3 Å². The molecule has 1 rings (SSSR count). The Morgan fingerprint density at radius 1 is 1.15 bits per heavy atom. The number of aliphatic hydroxyl groups excluding tert-OH is 1. The van der Waals surface area contributed by atoms with E-state index in [1.807, 2.05) is 0 Å². The van der Waals surface area contributed by atoms with Crippen LogP contribution in [0.15, 0.2) is 19.5 Å². The van der Waals surface area contributed by atoms with Gasteiger partial charge in [0.05, 0.1) is 21.1 Å². The predicted octanol–water partition coefficient (Wildman–Crippen LogP) is 4.90. The Labute approximate surface area is 151 Å². The SMILES string of the molecule is CC(C)CC[C@H](O)[C@H](N)c1c(Br)cc(Br)c(O)c1Br.Cl. The molecule has 3 nitrogen and oxygen atoms in total. The molecular formula is C13H19Br3ClNO2. The molecular weight excluding hydrogens is 477 g/mol. The van der Waals surface area contributed by atoms with Crippen LogP contribution in [-0.2, 0) is 0 Å². The molecule has 20 heavy (non-hydrogen) atoms. The monoisotopic (exact) mass is 493 g/mol. The van der Waals surface area contributed by atoms with Crippen molar-refractivity contribution < 1.29 is 10.2 Å². The van der Waals surface area contributed by atoms with E-state index in [0.29, 0.717) is 26.8 Å². The molecule has 0 saturated heterocycles. The number of benzene rings is 1. The number of halogens is 4. The van der Waals surface area contributed by atoms with Crippen molar-refractivity contribution in [3.05, 3.63) is 25.0 Å². The largest absolute Gasteiger partial charge is 0.506 e. The summed E-state index contributed by atoms with van der Waals surface area (Å²) in [4.78, 5) is 0. The Hall–Kier alpha value is 0.670. The van der Waals surface area contributed by atoms with Gasteiger partial charge in [0.15, 0.2) is 0 Å². The number of phenolic OH excluding ortho intramolecular Hbond substituents is 1. The van der Waals surface area contributed by atoms with Crippen LogP contribution in [0.3, 0.4) is 0 Å². The molecule has 1 aromatic rings. The zero-order valence-corrected chi connectivity index (χ0v) is 16.8. The van der Waals surface area contributed by atoms with Crippen LogP contribution in [0.25, 0.3) is 0 Å². The second-order valence-corrected chi connectivity index (χ2v) is 7.48. The minimum atomic E-state index is -0.643. The number of nitrogens with two attached hydrogens (primary N) is 1. The van der Waals surface area contributed by atoms with Gasteiger partial charge in [-0.1, -0.05) is 29.8 Å². The molecule has 0 aliphatic heterocycles. The zero-order chi connectivity index (χ0) is 14.7. The summed E-state index contributed by atoms with van der Waals surface area (Å²) in [7, 11) is 0. The summed E-state index contributed by atoms with van der Waals surface area (Å²) in [6.07, 6.45) is 0.900. The first-order valence-electron chi connectivity index (χ1n) is 6.05. The second-order valence-electron chi connectivity index (χ2n) is 4.98. The molecule has 4 N–H and O–H groups in total. The maximum atomic E-state index is 10.2. The molecule has 0 bridgehead atoms. The molecule has 0 spiro atoms. The van der Waals surface area contributed by atoms with Gasteiger partial charge in [0.25, 0.3) is 0 Å². The molecule has 2 atom stereocenters. The number of phenols is 1. The molecule has 0 saturated carbocycles. The number of hydrogen-bond donors (Lipinski definition) is 3. The number of aliphatic hydroxyl groups is 1. The first-order valence-corrected chi connectivity index (χ1v) is 8.43. The molecule has 7 heteroatoms. The number of aromatic hydroxyl groups is 1. The normalized spacial score (nSPS) is 14.0. The Bertz CT molecular complexity index is 458. The van der Waals surface area contributed by atoms with E-state index in [9.17, 15) is 10.2 Å². The first-order chi connectivity index (χ1) is 8.75. The zero-order valence-electron chi connectivity index (χ0n) is 11.2. The summed E-state index contributed by atoms with van der Waals surface area (Å²) in [6.45, 7) is 4.21. The first kappa shape index (κ1) is 20.7. The topological polar surface area (TPSA) is 66.5 Å². The van der Waals surface area contributed by atoms with E-state index < -0.39 is 12.1 Å². The van der Waals surface area contributed by atoms with Gasteiger partial charge in [0.1, 0.15) is 5.75 Å². The lowest BCUT2D eigenvalue weighted by atomic mass is 9.96. The summed E-state index contributed by atoms with van der Waals surface area (Å²) in [5.41, 5.74) is 6.79. The minimum Gasteiger partial charge on any atom is -0.506 e. The summed E-state index contributed by atoms with van der Waals surface area (Å²) >= 11 is 10.0. The summed E-state index contributed by atoms with van der Waals surface area (Å²) < 4.78 is 1.82. The van der Waals surface area contributed by atoms with E-state index in [0.717, 1.165) is 10.9 Å². The van der Waals surface area contributed by atoms with Crippen molar-refractivity contribution in [2.75, 3.05) is 0 Å². The van der Waals surface area contributed by atoms with Crippen LogP contribution >= 0.6 is 60.2 Å². The highest BCUT2D eigenvalue weighted by Crippen LogP contribution is 2.42. The van der Waals surface area contributed by atoms with Crippen molar-refractivity contribution in [2.24, 2.45) is 11.7 Å². The molecule has 0 amide bonds. The van der Waals surface area contributed by atoms with Crippen molar-refractivity contribution in [3.8, 4) is 5.75 Å². The number of rotatable bonds is 5. The third kappa shape index (κ3) is 5.14. The standard InChI is InChI=1S/C13H18Br3NO2.ClH/c1-6(2)3-4-9(18)12(17)10-7(14)5-8(15)13(19)11(10)16;/h5-6,9,12,18-19H,3-4,17H2,1-2H3;1H/t9-,12-;/m0./s1. The predicted molar refractivity (Wildman–Crippen MR) is 95.5 cm³/mol. The van der Waals surface area contributed by atoms with Crippen LogP contribution in [0, 0.1) is 5.92 Å². The molecule has 0 radical (unpaired) electrons. The van der Waals surface area contributed by atoms with Gasteiger partial charge in [-0.05, 0) is 56.7 Å². The van der Waals surface area contributed by atoms with E-state index in [1.54, 1.807) is 6.07 Å². The van der Waals surface area contributed by atoms with E-state index in [1.165, 1.54) is 0 Å². The van der Waals surface area contributed by atoms with Crippen molar-refractivity contribution >= 4 is 60.2 Å². The second kappa shape index (κ2) is 8.96.